The van der Waals surface area contributed by atoms with Crippen LogP contribution < -0.4 is 0 Å². The molecule has 0 aliphatic rings. The van der Waals surface area contributed by atoms with Crippen LogP contribution in [-0.2, 0) is 13.7 Å². The van der Waals surface area contributed by atoms with Gasteiger partial charge < -0.3 is 9.67 Å². The van der Waals surface area contributed by atoms with E-state index in [9.17, 15) is 5.11 Å². The second kappa shape index (κ2) is 4.10. The fourth-order valence-electron chi connectivity index (χ4n) is 1.95. The first kappa shape index (κ1) is 10.9. The van der Waals surface area contributed by atoms with Gasteiger partial charge in [-0.15, -0.1) is 0 Å². The summed E-state index contributed by atoms with van der Waals surface area (Å²) in [7, 11) is 1.94. The lowest BCUT2D eigenvalue weighted by Gasteiger charge is -2.06. The van der Waals surface area contributed by atoms with E-state index in [-0.39, 0.29) is 6.61 Å². The Hall–Kier alpha value is -1.61. The molecule has 2 rings (SSSR count). The van der Waals surface area contributed by atoms with Crippen molar-refractivity contribution in [2.24, 2.45) is 7.05 Å². The molecule has 1 N–H and O–H groups in total. The lowest BCUT2D eigenvalue weighted by atomic mass is 10.1. The minimum Gasteiger partial charge on any atom is -0.390 e. The Balaban J connectivity index is 2.62. The molecule has 3 heteroatoms. The van der Waals surface area contributed by atoms with E-state index < -0.39 is 0 Å². The standard InChI is InChI=1S/C13H16N2O/c1-9-6-4-5-7-11(9)13-14-10(2)12(8-16)15(13)3/h4-7,16H,8H2,1-3H3. The highest BCUT2D eigenvalue weighted by molar-refractivity contribution is 5.61. The molecule has 0 aliphatic heterocycles. The van der Waals surface area contributed by atoms with Crippen LogP contribution >= 0.6 is 0 Å². The third-order valence-corrected chi connectivity index (χ3v) is 2.95. The van der Waals surface area contributed by atoms with Gasteiger partial charge in [0.25, 0.3) is 0 Å². The maximum absolute atomic E-state index is 9.27. The molecule has 1 aromatic heterocycles. The summed E-state index contributed by atoms with van der Waals surface area (Å²) in [5, 5.41) is 9.27. The summed E-state index contributed by atoms with van der Waals surface area (Å²) in [6, 6.07) is 8.14. The van der Waals surface area contributed by atoms with Crippen LogP contribution in [0.15, 0.2) is 24.3 Å². The summed E-state index contributed by atoms with van der Waals surface area (Å²) in [5.74, 6) is 0.916. The number of rotatable bonds is 2. The Bertz CT molecular complexity index is 515. The van der Waals surface area contributed by atoms with Gasteiger partial charge in [0.15, 0.2) is 0 Å². The maximum atomic E-state index is 9.27. The molecule has 0 spiro atoms. The molecular weight excluding hydrogens is 200 g/mol. The van der Waals surface area contributed by atoms with E-state index in [0.29, 0.717) is 0 Å². The first-order valence-corrected chi connectivity index (χ1v) is 5.34. The molecule has 0 atom stereocenters. The number of imidazole rings is 1. The van der Waals surface area contributed by atoms with Crippen LogP contribution in [0.5, 0.6) is 0 Å². The third-order valence-electron chi connectivity index (χ3n) is 2.95. The number of aliphatic hydroxyl groups excluding tert-OH is 1. The monoisotopic (exact) mass is 216 g/mol. The van der Waals surface area contributed by atoms with Gasteiger partial charge in [-0.1, -0.05) is 24.3 Å². The lowest BCUT2D eigenvalue weighted by molar-refractivity contribution is 0.272. The molecule has 0 unspecified atom stereocenters. The van der Waals surface area contributed by atoms with Crippen LogP contribution in [0.25, 0.3) is 11.4 Å². The summed E-state index contributed by atoms with van der Waals surface area (Å²) in [6.45, 7) is 4.02. The molecule has 0 saturated heterocycles. The lowest BCUT2D eigenvalue weighted by Crippen LogP contribution is -1.99. The molecule has 2 aromatic rings. The highest BCUT2D eigenvalue weighted by Crippen LogP contribution is 2.24. The van der Waals surface area contributed by atoms with Crippen molar-refractivity contribution in [2.75, 3.05) is 0 Å². The number of benzene rings is 1. The number of aliphatic hydroxyl groups is 1. The quantitative estimate of drug-likeness (QED) is 0.835. The minimum atomic E-state index is 0.0290. The van der Waals surface area contributed by atoms with Gasteiger partial charge in [-0.25, -0.2) is 4.98 Å². The molecule has 1 heterocycles. The van der Waals surface area contributed by atoms with Crippen LogP contribution in [-0.4, -0.2) is 14.7 Å². The van der Waals surface area contributed by atoms with E-state index in [1.54, 1.807) is 0 Å². The predicted molar refractivity (Wildman–Crippen MR) is 64.0 cm³/mol. The van der Waals surface area contributed by atoms with E-state index in [0.717, 1.165) is 22.8 Å². The van der Waals surface area contributed by atoms with Crippen LogP contribution in [0.1, 0.15) is 17.0 Å². The topological polar surface area (TPSA) is 38.1 Å². The number of aryl methyl sites for hydroxylation is 2. The SMILES string of the molecule is Cc1ccccc1-c1nc(C)c(CO)n1C. The van der Waals surface area contributed by atoms with Gasteiger partial charge in [0.2, 0.25) is 0 Å². The highest BCUT2D eigenvalue weighted by Gasteiger charge is 2.13. The van der Waals surface area contributed by atoms with E-state index in [4.69, 9.17) is 0 Å². The van der Waals surface area contributed by atoms with Crippen molar-refractivity contribution in [3.8, 4) is 11.4 Å². The zero-order chi connectivity index (χ0) is 11.7. The van der Waals surface area contributed by atoms with E-state index in [2.05, 4.69) is 24.0 Å². The van der Waals surface area contributed by atoms with E-state index in [1.807, 2.05) is 30.7 Å². The second-order valence-electron chi connectivity index (χ2n) is 4.00. The Morgan fingerprint density at radius 1 is 1.25 bits per heavy atom. The van der Waals surface area contributed by atoms with Crippen LogP contribution in [0.3, 0.4) is 0 Å². The van der Waals surface area contributed by atoms with Gasteiger partial charge in [-0.2, -0.15) is 0 Å². The largest absolute Gasteiger partial charge is 0.390 e. The average molecular weight is 216 g/mol. The molecule has 0 aliphatic carbocycles. The molecule has 0 radical (unpaired) electrons. The molecular formula is C13H16N2O. The van der Waals surface area contributed by atoms with Gasteiger partial charge in [0.1, 0.15) is 5.82 Å². The van der Waals surface area contributed by atoms with Crippen LogP contribution in [0.2, 0.25) is 0 Å². The molecule has 0 saturated carbocycles. The molecule has 1 aromatic carbocycles. The summed E-state index contributed by atoms with van der Waals surface area (Å²) in [6.07, 6.45) is 0. The second-order valence-corrected chi connectivity index (χ2v) is 4.00. The smallest absolute Gasteiger partial charge is 0.140 e. The first-order valence-electron chi connectivity index (χ1n) is 5.34. The first-order chi connectivity index (χ1) is 7.65. The zero-order valence-corrected chi connectivity index (χ0v) is 9.86. The normalized spacial score (nSPS) is 10.8. The zero-order valence-electron chi connectivity index (χ0n) is 9.86. The van der Waals surface area contributed by atoms with Gasteiger partial charge in [0.05, 0.1) is 18.0 Å². The average Bonchev–Trinajstić information content (AvgIpc) is 2.55. The van der Waals surface area contributed by atoms with Crippen molar-refractivity contribution in [1.29, 1.82) is 0 Å². The van der Waals surface area contributed by atoms with Crippen molar-refractivity contribution in [3.05, 3.63) is 41.2 Å². The molecule has 3 nitrogen and oxygen atoms in total. The van der Waals surface area contributed by atoms with E-state index >= 15 is 0 Å². The molecule has 84 valence electrons. The van der Waals surface area contributed by atoms with Crippen LogP contribution in [0, 0.1) is 13.8 Å². The minimum absolute atomic E-state index is 0.0290. The van der Waals surface area contributed by atoms with Crippen molar-refractivity contribution in [2.45, 2.75) is 20.5 Å². The Labute approximate surface area is 95.4 Å². The van der Waals surface area contributed by atoms with Gasteiger partial charge >= 0.3 is 0 Å². The molecule has 16 heavy (non-hydrogen) atoms. The molecule has 0 bridgehead atoms. The Morgan fingerprint density at radius 2 is 1.94 bits per heavy atom. The van der Waals surface area contributed by atoms with Gasteiger partial charge in [-0.3, -0.25) is 0 Å². The summed E-state index contributed by atoms with van der Waals surface area (Å²) in [5.41, 5.74) is 4.08. The van der Waals surface area contributed by atoms with Gasteiger partial charge in [0, 0.05) is 12.6 Å². The fraction of sp³-hybridized carbons (Fsp3) is 0.308. The van der Waals surface area contributed by atoms with Crippen LogP contribution in [0.4, 0.5) is 0 Å². The Kier molecular flexibility index (Phi) is 2.79. The van der Waals surface area contributed by atoms with Crippen molar-refractivity contribution in [3.63, 3.8) is 0 Å². The highest BCUT2D eigenvalue weighted by atomic mass is 16.3. The predicted octanol–water partition coefficient (Wildman–Crippen LogP) is 2.20. The van der Waals surface area contributed by atoms with Crippen molar-refractivity contribution in [1.82, 2.24) is 9.55 Å². The van der Waals surface area contributed by atoms with Crippen molar-refractivity contribution < 1.29 is 5.11 Å². The maximum Gasteiger partial charge on any atom is 0.140 e. The number of hydrogen-bond donors (Lipinski definition) is 1. The molecule has 0 amide bonds. The van der Waals surface area contributed by atoms with E-state index in [1.165, 1.54) is 5.56 Å². The number of hydrogen-bond acceptors (Lipinski definition) is 2. The number of aromatic nitrogens is 2. The molecule has 0 fully saturated rings. The number of nitrogens with zero attached hydrogens (tertiary/aromatic N) is 2. The van der Waals surface area contributed by atoms with Gasteiger partial charge in [-0.05, 0) is 19.4 Å². The third kappa shape index (κ3) is 1.63. The summed E-state index contributed by atoms with van der Waals surface area (Å²) >= 11 is 0. The summed E-state index contributed by atoms with van der Waals surface area (Å²) < 4.78 is 1.96. The Morgan fingerprint density at radius 3 is 2.50 bits per heavy atom. The fourth-order valence-corrected chi connectivity index (χ4v) is 1.95. The van der Waals surface area contributed by atoms with Crippen molar-refractivity contribution >= 4 is 0 Å². The summed E-state index contributed by atoms with van der Waals surface area (Å²) in [4.78, 5) is 4.52.